The molecule has 7 heteroatoms. The van der Waals surface area contributed by atoms with Crippen LogP contribution in [-0.4, -0.2) is 17.3 Å². The van der Waals surface area contributed by atoms with Crippen molar-refractivity contribution in [2.45, 2.75) is 0 Å². The molecule has 0 saturated heterocycles. The Labute approximate surface area is 163 Å². The molecule has 1 radical (unpaired) electrons. The molecule has 0 spiro atoms. The summed E-state index contributed by atoms with van der Waals surface area (Å²) in [5, 5.41) is 11.0. The zero-order valence-electron chi connectivity index (χ0n) is 14.0. The molecule has 5 rings (SSSR count). The number of fused-ring (bicyclic) bond motifs is 5. The van der Waals surface area contributed by atoms with E-state index in [1.807, 2.05) is 54.6 Å². The van der Waals surface area contributed by atoms with Crippen molar-refractivity contribution in [3.8, 4) is 11.4 Å². The number of hydrogen-bond acceptors (Lipinski definition) is 4. The molecule has 0 aliphatic carbocycles. The highest BCUT2D eigenvalue weighted by molar-refractivity contribution is 9.10. The standard InChI is InChI=1S/C20H13BBrN2O3/c22-13-7-3-6-12-18(13)24(14-8-4-10-16(17(14)23)27-21-25)19-11-5-1-2-9-15(11)26-20(12)19/h1-10,25H,23H2. The van der Waals surface area contributed by atoms with Gasteiger partial charge in [0.05, 0.1) is 16.9 Å². The molecule has 0 unspecified atom stereocenters. The second kappa shape index (κ2) is 6.08. The van der Waals surface area contributed by atoms with Crippen LogP contribution in [0.4, 0.5) is 5.69 Å². The molecule has 5 aromatic rings. The van der Waals surface area contributed by atoms with Gasteiger partial charge in [-0.15, -0.1) is 0 Å². The van der Waals surface area contributed by atoms with Gasteiger partial charge in [0.1, 0.15) is 16.8 Å². The Kier molecular flexibility index (Phi) is 3.67. The summed E-state index contributed by atoms with van der Waals surface area (Å²) in [6, 6.07) is 19.4. The highest BCUT2D eigenvalue weighted by Crippen LogP contribution is 2.43. The highest BCUT2D eigenvalue weighted by Gasteiger charge is 2.22. The van der Waals surface area contributed by atoms with Crippen LogP contribution in [0.1, 0.15) is 0 Å². The van der Waals surface area contributed by atoms with Crippen molar-refractivity contribution >= 4 is 62.3 Å². The summed E-state index contributed by atoms with van der Waals surface area (Å²) >= 11 is 3.66. The molecular weight excluding hydrogens is 407 g/mol. The summed E-state index contributed by atoms with van der Waals surface area (Å²) in [7, 11) is 0.627. The summed E-state index contributed by atoms with van der Waals surface area (Å²) < 4.78 is 14.3. The second-order valence-electron chi connectivity index (χ2n) is 6.16. The van der Waals surface area contributed by atoms with E-state index >= 15 is 0 Å². The van der Waals surface area contributed by atoms with Gasteiger partial charge in [0.15, 0.2) is 5.58 Å². The summed E-state index contributed by atoms with van der Waals surface area (Å²) in [5.74, 6) is 0.379. The lowest BCUT2D eigenvalue weighted by Gasteiger charge is -2.14. The fourth-order valence-corrected chi connectivity index (χ4v) is 4.15. The number of nitrogens with two attached hydrogens (primary N) is 1. The molecule has 0 bridgehead atoms. The van der Waals surface area contributed by atoms with Crippen molar-refractivity contribution < 1.29 is 14.1 Å². The summed E-state index contributed by atoms with van der Waals surface area (Å²) in [6.45, 7) is 0. The summed E-state index contributed by atoms with van der Waals surface area (Å²) in [5.41, 5.74) is 11.0. The van der Waals surface area contributed by atoms with Crippen molar-refractivity contribution in [3.63, 3.8) is 0 Å². The third-order valence-corrected chi connectivity index (χ3v) is 5.35. The van der Waals surface area contributed by atoms with Crippen LogP contribution in [0.2, 0.25) is 0 Å². The number of anilines is 1. The van der Waals surface area contributed by atoms with E-state index in [4.69, 9.17) is 19.8 Å². The van der Waals surface area contributed by atoms with Crippen molar-refractivity contribution in [2.75, 3.05) is 5.73 Å². The normalized spacial score (nSPS) is 11.5. The molecule has 0 aliphatic heterocycles. The van der Waals surface area contributed by atoms with Gasteiger partial charge >= 0.3 is 7.69 Å². The average molecular weight is 420 g/mol. The van der Waals surface area contributed by atoms with E-state index in [0.717, 1.165) is 43.1 Å². The van der Waals surface area contributed by atoms with Crippen LogP contribution in [0.3, 0.4) is 0 Å². The number of aromatic nitrogens is 1. The van der Waals surface area contributed by atoms with E-state index in [-0.39, 0.29) is 0 Å². The first kappa shape index (κ1) is 16.3. The average Bonchev–Trinajstić information content (AvgIpc) is 3.20. The summed E-state index contributed by atoms with van der Waals surface area (Å²) in [6.07, 6.45) is 0. The maximum absolute atomic E-state index is 9.03. The van der Waals surface area contributed by atoms with E-state index in [1.54, 1.807) is 6.07 Å². The Bertz CT molecular complexity index is 1330. The van der Waals surface area contributed by atoms with Crippen molar-refractivity contribution in [2.24, 2.45) is 0 Å². The fourth-order valence-electron chi connectivity index (χ4n) is 3.60. The van der Waals surface area contributed by atoms with Gasteiger partial charge in [-0.3, -0.25) is 0 Å². The smallest absolute Gasteiger partial charge is 0.536 e. The zero-order chi connectivity index (χ0) is 18.5. The maximum atomic E-state index is 9.03. The number of hydrogen-bond donors (Lipinski definition) is 2. The third kappa shape index (κ3) is 2.29. The van der Waals surface area contributed by atoms with E-state index in [9.17, 15) is 0 Å². The first-order valence-corrected chi connectivity index (χ1v) is 9.11. The minimum Gasteiger partial charge on any atom is -0.536 e. The van der Waals surface area contributed by atoms with Crippen LogP contribution in [-0.2, 0) is 0 Å². The van der Waals surface area contributed by atoms with Gasteiger partial charge in [0, 0.05) is 15.2 Å². The molecule has 2 heterocycles. The number of furan rings is 1. The lowest BCUT2D eigenvalue weighted by Crippen LogP contribution is -2.06. The number of halogens is 1. The van der Waals surface area contributed by atoms with Gasteiger partial charge in [0.25, 0.3) is 0 Å². The largest absolute Gasteiger partial charge is 0.569 e. The Hall–Kier alpha value is -2.90. The Balaban J connectivity index is 2.00. The van der Waals surface area contributed by atoms with Crippen LogP contribution in [0, 0.1) is 0 Å². The number of benzene rings is 3. The van der Waals surface area contributed by atoms with E-state index < -0.39 is 0 Å². The van der Waals surface area contributed by atoms with Crippen molar-refractivity contribution in [3.05, 3.63) is 65.1 Å². The minimum absolute atomic E-state index is 0.379. The lowest BCUT2D eigenvalue weighted by molar-refractivity contribution is 0.455. The number of para-hydroxylation sites is 3. The van der Waals surface area contributed by atoms with Crippen LogP contribution >= 0.6 is 15.9 Å². The molecule has 131 valence electrons. The Morgan fingerprint density at radius 2 is 1.74 bits per heavy atom. The first-order chi connectivity index (χ1) is 13.2. The molecule has 0 aliphatic rings. The highest BCUT2D eigenvalue weighted by atomic mass is 79.9. The topological polar surface area (TPSA) is 73.6 Å². The SMILES string of the molecule is Nc1c(O[B]O)cccc1-n1c2c(Br)cccc2c2oc3ccccc3c21. The van der Waals surface area contributed by atoms with Gasteiger partial charge in [-0.1, -0.05) is 24.3 Å². The lowest BCUT2D eigenvalue weighted by atomic mass is 10.2. The van der Waals surface area contributed by atoms with Crippen LogP contribution < -0.4 is 10.4 Å². The fraction of sp³-hybridized carbons (Fsp3) is 0. The molecule has 3 aromatic carbocycles. The predicted molar refractivity (Wildman–Crippen MR) is 111 cm³/mol. The van der Waals surface area contributed by atoms with Gasteiger partial charge in [0.2, 0.25) is 0 Å². The molecule has 5 nitrogen and oxygen atoms in total. The van der Waals surface area contributed by atoms with Gasteiger partial charge in [-0.25, -0.2) is 0 Å². The quantitative estimate of drug-likeness (QED) is 0.326. The number of nitrogen functional groups attached to an aromatic ring is 1. The van der Waals surface area contributed by atoms with E-state index in [2.05, 4.69) is 20.5 Å². The van der Waals surface area contributed by atoms with Crippen molar-refractivity contribution in [1.29, 1.82) is 0 Å². The maximum Gasteiger partial charge on any atom is 0.569 e. The molecule has 0 atom stereocenters. The third-order valence-electron chi connectivity index (χ3n) is 4.71. The van der Waals surface area contributed by atoms with Gasteiger partial charge < -0.3 is 24.4 Å². The molecule has 0 amide bonds. The number of rotatable bonds is 3. The van der Waals surface area contributed by atoms with Crippen LogP contribution in [0.15, 0.2) is 69.6 Å². The summed E-state index contributed by atoms with van der Waals surface area (Å²) in [4.78, 5) is 0. The molecule has 2 aromatic heterocycles. The van der Waals surface area contributed by atoms with E-state index in [1.165, 1.54) is 0 Å². The minimum atomic E-state index is 0.379. The van der Waals surface area contributed by atoms with Gasteiger partial charge in [-0.05, 0) is 52.3 Å². The Morgan fingerprint density at radius 3 is 2.59 bits per heavy atom. The van der Waals surface area contributed by atoms with Crippen LogP contribution in [0.5, 0.6) is 5.75 Å². The van der Waals surface area contributed by atoms with Gasteiger partial charge in [-0.2, -0.15) is 0 Å². The molecular formula is C20H13BBrN2O3. The monoisotopic (exact) mass is 419 g/mol. The zero-order valence-corrected chi connectivity index (χ0v) is 15.6. The second-order valence-corrected chi connectivity index (χ2v) is 7.01. The molecule has 0 fully saturated rings. The molecule has 0 saturated carbocycles. The predicted octanol–water partition coefficient (Wildman–Crippen LogP) is 4.78. The Morgan fingerprint density at radius 1 is 0.963 bits per heavy atom. The van der Waals surface area contributed by atoms with E-state index in [0.29, 0.717) is 19.1 Å². The first-order valence-electron chi connectivity index (χ1n) is 8.32. The molecule has 3 N–H and O–H groups in total. The van der Waals surface area contributed by atoms with Crippen molar-refractivity contribution in [1.82, 2.24) is 4.57 Å². The number of nitrogens with zero attached hydrogens (tertiary/aromatic N) is 1. The van der Waals surface area contributed by atoms with Crippen LogP contribution in [0.25, 0.3) is 38.7 Å². The molecule has 27 heavy (non-hydrogen) atoms.